The molecule has 1 aromatic rings. The van der Waals surface area contributed by atoms with E-state index in [2.05, 4.69) is 10.0 Å². The first-order chi connectivity index (χ1) is 9.38. The third kappa shape index (κ3) is 4.71. The van der Waals surface area contributed by atoms with Crippen LogP contribution in [0.15, 0.2) is 23.1 Å². The van der Waals surface area contributed by atoms with Gasteiger partial charge >= 0.3 is 0 Å². The van der Waals surface area contributed by atoms with Crippen LogP contribution in [-0.4, -0.2) is 33.0 Å². The summed E-state index contributed by atoms with van der Waals surface area (Å²) in [6, 6.07) is 3.38. The molecule has 112 valence electrons. The number of nitrogens with zero attached hydrogens (tertiary/aromatic N) is 1. The van der Waals surface area contributed by atoms with Crippen molar-refractivity contribution in [2.24, 2.45) is 0 Å². The van der Waals surface area contributed by atoms with Gasteiger partial charge in [0.1, 0.15) is 5.02 Å². The van der Waals surface area contributed by atoms with E-state index in [0.717, 1.165) is 19.0 Å². The second kappa shape index (κ2) is 7.53. The molecule has 0 aromatic heterocycles. The smallest absolute Gasteiger partial charge is 0.289 e. The van der Waals surface area contributed by atoms with E-state index >= 15 is 0 Å². The first kappa shape index (κ1) is 16.8. The fraction of sp³-hybridized carbons (Fsp3) is 0.455. The van der Waals surface area contributed by atoms with Crippen LogP contribution in [-0.2, 0) is 10.0 Å². The highest BCUT2D eigenvalue weighted by Gasteiger charge is 2.20. The van der Waals surface area contributed by atoms with Crippen molar-refractivity contribution >= 4 is 27.3 Å². The Bertz CT molecular complexity index is 577. The van der Waals surface area contributed by atoms with Gasteiger partial charge in [0, 0.05) is 19.2 Å². The minimum Gasteiger partial charge on any atom is -0.315 e. The van der Waals surface area contributed by atoms with Crippen LogP contribution in [0, 0.1) is 10.1 Å². The van der Waals surface area contributed by atoms with Crippen LogP contribution in [0.4, 0.5) is 5.69 Å². The van der Waals surface area contributed by atoms with E-state index in [-0.39, 0.29) is 16.5 Å². The molecule has 0 radical (unpaired) electrons. The predicted octanol–water partition coefficient (Wildman–Crippen LogP) is 1.53. The van der Waals surface area contributed by atoms with Crippen LogP contribution in [0.5, 0.6) is 0 Å². The number of hydrogen-bond acceptors (Lipinski definition) is 5. The van der Waals surface area contributed by atoms with Gasteiger partial charge in [0.05, 0.1) is 9.82 Å². The van der Waals surface area contributed by atoms with Crippen LogP contribution in [0.2, 0.25) is 5.02 Å². The maximum absolute atomic E-state index is 11.9. The van der Waals surface area contributed by atoms with E-state index in [4.69, 9.17) is 11.6 Å². The van der Waals surface area contributed by atoms with Crippen molar-refractivity contribution in [3.63, 3.8) is 0 Å². The van der Waals surface area contributed by atoms with Gasteiger partial charge in [-0.2, -0.15) is 0 Å². The summed E-state index contributed by atoms with van der Waals surface area (Å²) < 4.78 is 26.3. The van der Waals surface area contributed by atoms with Gasteiger partial charge < -0.3 is 5.32 Å². The van der Waals surface area contributed by atoms with Gasteiger partial charge in [-0.05, 0) is 25.1 Å². The first-order valence-electron chi connectivity index (χ1n) is 6.03. The molecule has 0 atom stereocenters. The Labute approximate surface area is 122 Å². The molecule has 0 amide bonds. The highest BCUT2D eigenvalue weighted by atomic mass is 35.5. The average Bonchev–Trinajstić information content (AvgIpc) is 2.38. The van der Waals surface area contributed by atoms with E-state index in [0.29, 0.717) is 6.54 Å². The van der Waals surface area contributed by atoms with Gasteiger partial charge in [-0.25, -0.2) is 13.1 Å². The second-order valence-corrected chi connectivity index (χ2v) is 6.19. The molecule has 1 aromatic carbocycles. The van der Waals surface area contributed by atoms with E-state index in [9.17, 15) is 18.5 Å². The van der Waals surface area contributed by atoms with Crippen LogP contribution in [0.3, 0.4) is 0 Å². The molecule has 0 bridgehead atoms. The van der Waals surface area contributed by atoms with Crippen LogP contribution in [0.25, 0.3) is 0 Å². The summed E-state index contributed by atoms with van der Waals surface area (Å²) in [5.74, 6) is 0. The molecule has 7 nitrogen and oxygen atoms in total. The van der Waals surface area contributed by atoms with Crippen molar-refractivity contribution in [1.82, 2.24) is 10.0 Å². The summed E-state index contributed by atoms with van der Waals surface area (Å²) in [6.45, 7) is 3.50. The number of sulfonamides is 1. The Hall–Kier alpha value is -1.22. The Morgan fingerprint density at radius 1 is 1.30 bits per heavy atom. The summed E-state index contributed by atoms with van der Waals surface area (Å²) >= 11 is 5.64. The van der Waals surface area contributed by atoms with E-state index < -0.39 is 20.6 Å². The molecule has 20 heavy (non-hydrogen) atoms. The fourth-order valence-corrected chi connectivity index (χ4v) is 2.70. The standard InChI is InChI=1S/C11H16ClN3O4S/c1-2-5-13-6-7-14-20(18,19)9-3-4-10(12)11(8-9)15(16)17/h3-4,8,13-14H,2,5-7H2,1H3. The number of rotatable bonds is 8. The van der Waals surface area contributed by atoms with Gasteiger partial charge in [-0.1, -0.05) is 18.5 Å². The van der Waals surface area contributed by atoms with E-state index in [1.165, 1.54) is 12.1 Å². The number of nitro benzene ring substituents is 1. The Kier molecular flexibility index (Phi) is 6.34. The third-order valence-electron chi connectivity index (χ3n) is 2.45. The fourth-order valence-electron chi connectivity index (χ4n) is 1.46. The lowest BCUT2D eigenvalue weighted by Crippen LogP contribution is -2.32. The monoisotopic (exact) mass is 321 g/mol. The lowest BCUT2D eigenvalue weighted by Gasteiger charge is -2.07. The zero-order valence-electron chi connectivity index (χ0n) is 10.9. The highest BCUT2D eigenvalue weighted by Crippen LogP contribution is 2.26. The molecule has 0 fully saturated rings. The average molecular weight is 322 g/mol. The predicted molar refractivity (Wildman–Crippen MR) is 76.5 cm³/mol. The molecule has 0 aliphatic carbocycles. The number of hydrogen-bond donors (Lipinski definition) is 2. The largest absolute Gasteiger partial charge is 0.315 e. The molecule has 0 unspecified atom stereocenters. The van der Waals surface area contributed by atoms with Crippen LogP contribution in [0.1, 0.15) is 13.3 Å². The SMILES string of the molecule is CCCNCCNS(=O)(=O)c1ccc(Cl)c([N+](=O)[O-])c1. The summed E-state index contributed by atoms with van der Waals surface area (Å²) in [7, 11) is -3.77. The van der Waals surface area contributed by atoms with Crippen molar-refractivity contribution in [3.8, 4) is 0 Å². The molecule has 1 rings (SSSR count). The van der Waals surface area contributed by atoms with Crippen molar-refractivity contribution in [2.75, 3.05) is 19.6 Å². The molecule has 0 saturated heterocycles. The number of halogens is 1. The maximum Gasteiger partial charge on any atom is 0.289 e. The molecular weight excluding hydrogens is 306 g/mol. The van der Waals surface area contributed by atoms with Gasteiger partial charge in [-0.3, -0.25) is 10.1 Å². The molecule has 0 heterocycles. The van der Waals surface area contributed by atoms with Gasteiger partial charge in [0.2, 0.25) is 10.0 Å². The Morgan fingerprint density at radius 2 is 2.00 bits per heavy atom. The minimum atomic E-state index is -3.77. The third-order valence-corrected chi connectivity index (χ3v) is 4.22. The van der Waals surface area contributed by atoms with Crippen molar-refractivity contribution in [3.05, 3.63) is 33.3 Å². The summed E-state index contributed by atoms with van der Waals surface area (Å²) in [5.41, 5.74) is -0.432. The normalized spacial score (nSPS) is 11.5. The van der Waals surface area contributed by atoms with Crippen molar-refractivity contribution in [2.45, 2.75) is 18.2 Å². The number of nitrogens with one attached hydrogen (secondary N) is 2. The summed E-state index contributed by atoms with van der Waals surface area (Å²) in [6.07, 6.45) is 0.954. The Morgan fingerprint density at radius 3 is 2.60 bits per heavy atom. The number of nitro groups is 1. The molecular formula is C11H16ClN3O4S. The minimum absolute atomic E-state index is 0.0986. The number of benzene rings is 1. The van der Waals surface area contributed by atoms with Gasteiger partial charge in [0.15, 0.2) is 0 Å². The van der Waals surface area contributed by atoms with Gasteiger partial charge in [0.25, 0.3) is 5.69 Å². The van der Waals surface area contributed by atoms with Crippen LogP contribution >= 0.6 is 11.6 Å². The Balaban J connectivity index is 2.77. The maximum atomic E-state index is 11.9. The molecule has 0 aliphatic rings. The van der Waals surface area contributed by atoms with Crippen molar-refractivity contribution < 1.29 is 13.3 Å². The summed E-state index contributed by atoms with van der Waals surface area (Å²) in [5, 5.41) is 13.7. The zero-order chi connectivity index (χ0) is 15.2. The molecule has 0 aliphatic heterocycles. The molecule has 0 saturated carbocycles. The second-order valence-electron chi connectivity index (χ2n) is 4.02. The lowest BCUT2D eigenvalue weighted by atomic mass is 10.3. The highest BCUT2D eigenvalue weighted by molar-refractivity contribution is 7.89. The zero-order valence-corrected chi connectivity index (χ0v) is 12.5. The van der Waals surface area contributed by atoms with Crippen LogP contribution < -0.4 is 10.0 Å². The lowest BCUT2D eigenvalue weighted by molar-refractivity contribution is -0.384. The quantitative estimate of drug-likeness (QED) is 0.429. The first-order valence-corrected chi connectivity index (χ1v) is 7.89. The van der Waals surface area contributed by atoms with Gasteiger partial charge in [-0.15, -0.1) is 0 Å². The summed E-state index contributed by atoms with van der Waals surface area (Å²) in [4.78, 5) is 9.83. The van der Waals surface area contributed by atoms with Crippen molar-refractivity contribution in [1.29, 1.82) is 0 Å². The van der Waals surface area contributed by atoms with E-state index in [1.807, 2.05) is 6.92 Å². The molecule has 2 N–H and O–H groups in total. The molecule has 0 spiro atoms. The molecule has 9 heteroatoms. The van der Waals surface area contributed by atoms with E-state index in [1.54, 1.807) is 0 Å². The topological polar surface area (TPSA) is 101 Å².